The first-order valence-electron chi connectivity index (χ1n) is 5.60. The molecule has 0 radical (unpaired) electrons. The second-order valence-electron chi connectivity index (χ2n) is 4.45. The van der Waals surface area contributed by atoms with Crippen LogP contribution in [0.25, 0.3) is 11.3 Å². The van der Waals surface area contributed by atoms with Crippen LogP contribution >= 0.6 is 0 Å². The summed E-state index contributed by atoms with van der Waals surface area (Å²) in [5.74, 6) is 0. The summed E-state index contributed by atoms with van der Waals surface area (Å²) in [6, 6.07) is 6.52. The molecule has 1 aliphatic rings. The van der Waals surface area contributed by atoms with Crippen LogP contribution in [-0.2, 0) is 13.1 Å². The maximum atomic E-state index is 4.44. The topological polar surface area (TPSA) is 40.7 Å². The average Bonchev–Trinajstić information content (AvgIpc) is 2.83. The third kappa shape index (κ3) is 1.36. The molecule has 1 aromatic carbocycles. The van der Waals surface area contributed by atoms with Crippen LogP contribution in [-0.4, -0.2) is 10.2 Å². The number of hydrogen-bond acceptors (Lipinski definition) is 2. The maximum absolute atomic E-state index is 4.44. The van der Waals surface area contributed by atoms with E-state index in [4.69, 9.17) is 0 Å². The van der Waals surface area contributed by atoms with Gasteiger partial charge in [0.05, 0.1) is 11.4 Å². The van der Waals surface area contributed by atoms with Gasteiger partial charge in [-0.15, -0.1) is 0 Å². The van der Waals surface area contributed by atoms with Gasteiger partial charge < -0.3 is 5.32 Å². The molecule has 0 amide bonds. The summed E-state index contributed by atoms with van der Waals surface area (Å²) in [5.41, 5.74) is 7.49. The lowest BCUT2D eigenvalue weighted by atomic mass is 10.00. The standard InChI is InChI=1S/C13H15N3/c1-8-3-4-9(2)10(5-8)13-11-6-14-7-12(11)15-16-13/h3-5,14H,6-7H2,1-2H3,(H,15,16). The van der Waals surface area contributed by atoms with Crippen molar-refractivity contribution in [1.29, 1.82) is 0 Å². The second kappa shape index (κ2) is 3.46. The predicted molar refractivity (Wildman–Crippen MR) is 64.0 cm³/mol. The van der Waals surface area contributed by atoms with Crippen molar-refractivity contribution in [1.82, 2.24) is 15.5 Å². The number of aromatic amines is 1. The number of benzene rings is 1. The van der Waals surface area contributed by atoms with Crippen molar-refractivity contribution in [2.75, 3.05) is 0 Å². The van der Waals surface area contributed by atoms with E-state index in [1.54, 1.807) is 0 Å². The molecular weight excluding hydrogens is 198 g/mol. The fourth-order valence-corrected chi connectivity index (χ4v) is 2.26. The highest BCUT2D eigenvalue weighted by Crippen LogP contribution is 2.29. The van der Waals surface area contributed by atoms with Gasteiger partial charge in [0.2, 0.25) is 0 Å². The first kappa shape index (κ1) is 9.60. The van der Waals surface area contributed by atoms with Crippen molar-refractivity contribution in [3.05, 3.63) is 40.6 Å². The molecule has 3 rings (SSSR count). The predicted octanol–water partition coefficient (Wildman–Crippen LogP) is 2.30. The van der Waals surface area contributed by atoms with Gasteiger partial charge in [-0.1, -0.05) is 17.7 Å². The summed E-state index contributed by atoms with van der Waals surface area (Å²) < 4.78 is 0. The molecule has 0 fully saturated rings. The van der Waals surface area contributed by atoms with E-state index < -0.39 is 0 Å². The van der Waals surface area contributed by atoms with Gasteiger partial charge in [0, 0.05) is 24.2 Å². The van der Waals surface area contributed by atoms with Gasteiger partial charge in [0.15, 0.2) is 0 Å². The molecule has 0 aliphatic carbocycles. The molecule has 2 heterocycles. The van der Waals surface area contributed by atoms with Crippen molar-refractivity contribution in [3.63, 3.8) is 0 Å². The lowest BCUT2D eigenvalue weighted by Gasteiger charge is -2.05. The number of fused-ring (bicyclic) bond motifs is 1. The summed E-state index contributed by atoms with van der Waals surface area (Å²) >= 11 is 0. The van der Waals surface area contributed by atoms with Gasteiger partial charge in [-0.3, -0.25) is 5.10 Å². The smallest absolute Gasteiger partial charge is 0.0971 e. The molecule has 2 N–H and O–H groups in total. The summed E-state index contributed by atoms with van der Waals surface area (Å²) in [5, 5.41) is 10.9. The Balaban J connectivity index is 2.18. The van der Waals surface area contributed by atoms with Gasteiger partial charge in [-0.25, -0.2) is 0 Å². The van der Waals surface area contributed by atoms with Crippen LogP contribution in [0.1, 0.15) is 22.4 Å². The lowest BCUT2D eigenvalue weighted by Crippen LogP contribution is -2.03. The van der Waals surface area contributed by atoms with E-state index in [1.165, 1.54) is 27.9 Å². The van der Waals surface area contributed by atoms with Crippen LogP contribution < -0.4 is 5.32 Å². The first-order valence-corrected chi connectivity index (χ1v) is 5.60. The maximum Gasteiger partial charge on any atom is 0.0971 e. The van der Waals surface area contributed by atoms with Crippen molar-refractivity contribution in [2.45, 2.75) is 26.9 Å². The minimum absolute atomic E-state index is 0.910. The van der Waals surface area contributed by atoms with Gasteiger partial charge in [-0.05, 0) is 25.5 Å². The van der Waals surface area contributed by atoms with Crippen LogP contribution in [0.4, 0.5) is 0 Å². The molecule has 0 saturated heterocycles. The molecule has 0 atom stereocenters. The largest absolute Gasteiger partial charge is 0.307 e. The third-order valence-corrected chi connectivity index (χ3v) is 3.20. The average molecular weight is 213 g/mol. The molecule has 0 spiro atoms. The second-order valence-corrected chi connectivity index (χ2v) is 4.45. The molecular formula is C13H15N3. The molecule has 0 saturated carbocycles. The fraction of sp³-hybridized carbons (Fsp3) is 0.308. The molecule has 0 unspecified atom stereocenters. The van der Waals surface area contributed by atoms with Crippen molar-refractivity contribution in [2.24, 2.45) is 0 Å². The Hall–Kier alpha value is -1.61. The summed E-state index contributed by atoms with van der Waals surface area (Å²) in [6.07, 6.45) is 0. The zero-order valence-corrected chi connectivity index (χ0v) is 9.59. The first-order chi connectivity index (χ1) is 7.75. The van der Waals surface area contributed by atoms with E-state index in [2.05, 4.69) is 47.6 Å². The number of hydrogen-bond donors (Lipinski definition) is 2. The van der Waals surface area contributed by atoms with E-state index in [-0.39, 0.29) is 0 Å². The Morgan fingerprint density at radius 3 is 2.94 bits per heavy atom. The molecule has 3 heteroatoms. The SMILES string of the molecule is Cc1ccc(C)c(-c2n[nH]c3c2CNC3)c1. The summed E-state index contributed by atoms with van der Waals surface area (Å²) in [7, 11) is 0. The van der Waals surface area contributed by atoms with E-state index in [0.29, 0.717) is 0 Å². The van der Waals surface area contributed by atoms with Gasteiger partial charge in [0.25, 0.3) is 0 Å². The number of rotatable bonds is 1. The summed E-state index contributed by atoms with van der Waals surface area (Å²) in [6.45, 7) is 6.09. The Morgan fingerprint density at radius 1 is 1.19 bits per heavy atom. The third-order valence-electron chi connectivity index (χ3n) is 3.20. The highest BCUT2D eigenvalue weighted by atomic mass is 15.2. The van der Waals surface area contributed by atoms with Crippen molar-refractivity contribution in [3.8, 4) is 11.3 Å². The zero-order valence-electron chi connectivity index (χ0n) is 9.59. The van der Waals surface area contributed by atoms with E-state index >= 15 is 0 Å². The molecule has 3 nitrogen and oxygen atoms in total. The highest BCUT2D eigenvalue weighted by Gasteiger charge is 2.19. The molecule has 2 aromatic rings. The number of H-pyrrole nitrogens is 1. The molecule has 1 aromatic heterocycles. The van der Waals surface area contributed by atoms with Gasteiger partial charge in [-0.2, -0.15) is 5.10 Å². The highest BCUT2D eigenvalue weighted by molar-refractivity contribution is 5.68. The number of aryl methyl sites for hydroxylation is 2. The number of aromatic nitrogens is 2. The Morgan fingerprint density at radius 2 is 2.06 bits per heavy atom. The number of nitrogens with one attached hydrogen (secondary N) is 2. The van der Waals surface area contributed by atoms with E-state index in [1.807, 2.05) is 0 Å². The molecule has 82 valence electrons. The Kier molecular flexibility index (Phi) is 2.07. The zero-order chi connectivity index (χ0) is 11.1. The van der Waals surface area contributed by atoms with Crippen molar-refractivity contribution < 1.29 is 0 Å². The van der Waals surface area contributed by atoms with Crippen LogP contribution in [0.5, 0.6) is 0 Å². The van der Waals surface area contributed by atoms with Crippen LogP contribution in [0.3, 0.4) is 0 Å². The van der Waals surface area contributed by atoms with E-state index in [0.717, 1.165) is 18.8 Å². The van der Waals surface area contributed by atoms with Crippen LogP contribution in [0.15, 0.2) is 18.2 Å². The summed E-state index contributed by atoms with van der Waals surface area (Å²) in [4.78, 5) is 0. The molecule has 16 heavy (non-hydrogen) atoms. The Bertz CT molecular complexity index is 540. The minimum atomic E-state index is 0.910. The normalized spacial score (nSPS) is 14.1. The van der Waals surface area contributed by atoms with Gasteiger partial charge >= 0.3 is 0 Å². The van der Waals surface area contributed by atoms with E-state index in [9.17, 15) is 0 Å². The fourth-order valence-electron chi connectivity index (χ4n) is 2.26. The lowest BCUT2D eigenvalue weighted by molar-refractivity contribution is 0.743. The van der Waals surface area contributed by atoms with Gasteiger partial charge in [0.1, 0.15) is 0 Å². The monoisotopic (exact) mass is 213 g/mol. The van der Waals surface area contributed by atoms with Crippen LogP contribution in [0.2, 0.25) is 0 Å². The molecule has 1 aliphatic heterocycles. The van der Waals surface area contributed by atoms with Crippen molar-refractivity contribution >= 4 is 0 Å². The Labute approximate surface area is 94.9 Å². The quantitative estimate of drug-likeness (QED) is 0.763. The number of nitrogens with zero attached hydrogens (tertiary/aromatic N) is 1. The van der Waals surface area contributed by atoms with Crippen LogP contribution in [0, 0.1) is 13.8 Å². The molecule has 0 bridgehead atoms. The minimum Gasteiger partial charge on any atom is -0.307 e.